The summed E-state index contributed by atoms with van der Waals surface area (Å²) in [6, 6.07) is 49.5. The van der Waals surface area contributed by atoms with Gasteiger partial charge in [-0.05, 0) is 173 Å². The average molecular weight is 1460 g/mol. The molecule has 4 aliphatic carbocycles. The van der Waals surface area contributed by atoms with Crippen molar-refractivity contribution in [2.45, 2.75) is 261 Å². The van der Waals surface area contributed by atoms with E-state index in [1.165, 1.54) is 167 Å². The van der Waals surface area contributed by atoms with Gasteiger partial charge < -0.3 is 21.3 Å². The van der Waals surface area contributed by atoms with Crippen molar-refractivity contribution in [2.75, 3.05) is 0 Å². The summed E-state index contributed by atoms with van der Waals surface area (Å²) >= 11 is 0. The molecule has 4 aromatic heterocycles. The Hall–Kier alpha value is -7.35. The van der Waals surface area contributed by atoms with Gasteiger partial charge in [0.25, 0.3) is 0 Å². The van der Waals surface area contributed by atoms with Crippen LogP contribution in [0.25, 0.3) is 21.3 Å². The third-order valence-electron chi connectivity index (χ3n) is 17.7. The van der Waals surface area contributed by atoms with Gasteiger partial charge in [-0.15, -0.1) is 47.1 Å². The van der Waals surface area contributed by atoms with E-state index in [0.717, 1.165) is 25.7 Å². The van der Waals surface area contributed by atoms with Gasteiger partial charge in [0.05, 0.1) is 0 Å². The Balaban J connectivity index is 0.000000316. The van der Waals surface area contributed by atoms with E-state index in [2.05, 4.69) is 228 Å². The van der Waals surface area contributed by atoms with Crippen LogP contribution in [0.5, 0.6) is 0 Å². The SMILES string of the molecule is CC(C)c1cccc(C(C)C)c1[N-]C1=CCCCC1.CC(C)c1cccc(C(C)C)c1[N-]C1=CCCCC1.CC(C)c1cccc(C(C)C)c1[N-]C1=CCCCC1.CC(C)c1cccc(C(C)C)c1[N-]C1=CCCCC1.[Co+2].[Co+2].c1ccncc1.c1ccncc1.c1ccncc1.c1ccncc1. The first kappa shape index (κ1) is 88.9. The predicted molar refractivity (Wildman–Crippen MR) is 434 cm³/mol. The number of rotatable bonds is 16. The molecule has 4 heterocycles. The van der Waals surface area contributed by atoms with E-state index in [1.54, 1.807) is 49.6 Å². The Bertz CT molecular complexity index is 2910. The first-order chi connectivity index (χ1) is 48.4. The number of aromatic nitrogens is 4. The van der Waals surface area contributed by atoms with Crippen LogP contribution in [-0.4, -0.2) is 19.9 Å². The molecule has 8 aromatic rings. The molecule has 0 fully saturated rings. The molecule has 0 spiro atoms. The van der Waals surface area contributed by atoms with Crippen molar-refractivity contribution in [3.05, 3.63) is 308 Å². The third kappa shape index (κ3) is 33.4. The van der Waals surface area contributed by atoms with Gasteiger partial charge >= 0.3 is 33.6 Å². The summed E-state index contributed by atoms with van der Waals surface area (Å²) in [5, 5.41) is 20.1. The summed E-state index contributed by atoms with van der Waals surface area (Å²) in [5.41, 5.74) is 21.2. The summed E-state index contributed by atoms with van der Waals surface area (Å²) in [7, 11) is 0. The molecule has 0 amide bonds. The number of benzene rings is 4. The largest absolute Gasteiger partial charge is 2.00 e. The predicted octanol–water partition coefficient (Wildman–Crippen LogP) is 29.9. The van der Waals surface area contributed by atoms with Crippen molar-refractivity contribution in [3.63, 3.8) is 0 Å². The minimum Gasteiger partial charge on any atom is -0.661 e. The summed E-state index contributed by atoms with van der Waals surface area (Å²) in [4.78, 5) is 15.1. The van der Waals surface area contributed by atoms with Crippen LogP contribution >= 0.6 is 0 Å². The summed E-state index contributed by atoms with van der Waals surface area (Å²) in [6.07, 6.45) is 43.1. The molecule has 0 unspecified atom stereocenters. The molecule has 2 radical (unpaired) electrons. The van der Waals surface area contributed by atoms with Gasteiger partial charge in [-0.2, -0.15) is 22.8 Å². The van der Waals surface area contributed by atoms with Crippen molar-refractivity contribution >= 4 is 22.7 Å². The Morgan fingerprint density at radius 3 is 0.471 bits per heavy atom. The van der Waals surface area contributed by atoms with E-state index < -0.39 is 0 Å². The number of hydrogen-bond donors (Lipinski definition) is 0. The van der Waals surface area contributed by atoms with E-state index in [-0.39, 0.29) is 33.6 Å². The van der Waals surface area contributed by atoms with Crippen molar-refractivity contribution in [1.82, 2.24) is 19.9 Å². The average Bonchev–Trinajstić information content (AvgIpc) is 0.842. The van der Waals surface area contributed by atoms with E-state index in [0.29, 0.717) is 47.3 Å². The van der Waals surface area contributed by atoms with Crippen LogP contribution in [-0.2, 0) is 33.6 Å². The third-order valence-corrected chi connectivity index (χ3v) is 17.7. The van der Waals surface area contributed by atoms with Crippen molar-refractivity contribution in [3.8, 4) is 0 Å². The van der Waals surface area contributed by atoms with Gasteiger partial charge in [-0.1, -0.05) is 278 Å². The number of nitrogens with zero attached hydrogens (tertiary/aromatic N) is 8. The molecule has 0 N–H and O–H groups in total. The fraction of sp³-hybridized carbons (Fsp3) is 0.435. The van der Waals surface area contributed by atoms with Gasteiger partial charge in [0.15, 0.2) is 0 Å². The number of hydrogen-bond acceptors (Lipinski definition) is 4. The van der Waals surface area contributed by atoms with Crippen LogP contribution in [0.15, 0.2) is 242 Å². The number of allylic oxidation sites excluding steroid dienone is 8. The van der Waals surface area contributed by atoms with Crippen LogP contribution in [0, 0.1) is 0 Å². The quantitative estimate of drug-likeness (QED) is 0.0960. The minimum absolute atomic E-state index is 0. The fourth-order valence-electron chi connectivity index (χ4n) is 12.1. The fourth-order valence-corrected chi connectivity index (χ4v) is 12.1. The smallest absolute Gasteiger partial charge is 0.661 e. The maximum atomic E-state index is 5.02. The van der Waals surface area contributed by atoms with E-state index >= 15 is 0 Å². The Kier molecular flexibility index (Phi) is 45.1. The van der Waals surface area contributed by atoms with Crippen LogP contribution in [0.4, 0.5) is 22.7 Å². The molecule has 0 atom stereocenters. The van der Waals surface area contributed by atoms with Crippen LogP contribution in [0.3, 0.4) is 0 Å². The zero-order chi connectivity index (χ0) is 72.3. The summed E-state index contributed by atoms with van der Waals surface area (Å²) in [6.45, 7) is 36.1. The maximum Gasteiger partial charge on any atom is 2.00 e. The Labute approximate surface area is 640 Å². The second-order valence-electron chi connectivity index (χ2n) is 28.7. The zero-order valence-electron chi connectivity index (χ0n) is 65.0. The van der Waals surface area contributed by atoms with Crippen molar-refractivity contribution in [1.29, 1.82) is 0 Å². The Morgan fingerprint density at radius 2 is 0.373 bits per heavy atom. The second kappa shape index (κ2) is 51.7. The number of pyridine rings is 4. The molecule has 550 valence electrons. The normalized spacial score (nSPS) is 13.6. The van der Waals surface area contributed by atoms with Gasteiger partial charge in [0, 0.05) is 49.6 Å². The summed E-state index contributed by atoms with van der Waals surface area (Å²) in [5.74, 6) is 4.23. The van der Waals surface area contributed by atoms with Crippen molar-refractivity contribution < 1.29 is 33.6 Å². The molecule has 4 aromatic carbocycles. The molecular weight excluding hydrogens is 1330 g/mol. The molecule has 0 saturated heterocycles. The molecule has 8 nitrogen and oxygen atoms in total. The van der Waals surface area contributed by atoms with Crippen LogP contribution < -0.4 is 0 Å². The standard InChI is InChI=1S/4C18H26N.4C5H5N.2Co/c4*1-13(2)16-11-8-12-17(14(3)4)18(16)19-15-9-6-5-7-10-15;4*1-2-4-6-5-3-1;;/h4*8-9,11-14H,5-7,10H2,1-4H3;4*1-5H;;/q4*-1;;;;;2*+2. The first-order valence-electron chi connectivity index (χ1n) is 37.9. The first-order valence-corrected chi connectivity index (χ1v) is 37.9. The second-order valence-corrected chi connectivity index (χ2v) is 28.7. The molecule has 0 bridgehead atoms. The van der Waals surface area contributed by atoms with E-state index in [1.807, 2.05) is 72.8 Å². The van der Waals surface area contributed by atoms with Gasteiger partial charge in [-0.3, -0.25) is 19.9 Å². The minimum atomic E-state index is 0. The van der Waals surface area contributed by atoms with Crippen molar-refractivity contribution in [2.24, 2.45) is 0 Å². The maximum absolute atomic E-state index is 5.02. The Morgan fingerprint density at radius 1 is 0.216 bits per heavy atom. The molecule has 0 aliphatic heterocycles. The zero-order valence-corrected chi connectivity index (χ0v) is 67.0. The molecule has 4 aliphatic rings. The molecule has 102 heavy (non-hydrogen) atoms. The van der Waals surface area contributed by atoms with Crippen LogP contribution in [0.2, 0.25) is 0 Å². The molecular formula is C92H124Co2N8. The summed E-state index contributed by atoms with van der Waals surface area (Å²) < 4.78 is 0. The van der Waals surface area contributed by atoms with E-state index in [9.17, 15) is 0 Å². The molecule has 0 saturated carbocycles. The molecule has 12 rings (SSSR count). The van der Waals surface area contributed by atoms with E-state index in [4.69, 9.17) is 21.3 Å². The van der Waals surface area contributed by atoms with Crippen LogP contribution in [0.1, 0.15) is 305 Å². The van der Waals surface area contributed by atoms with Gasteiger partial charge in [0.1, 0.15) is 0 Å². The monoisotopic (exact) mass is 1460 g/mol. The number of para-hydroxylation sites is 4. The van der Waals surface area contributed by atoms with Gasteiger partial charge in [0.2, 0.25) is 0 Å². The molecule has 10 heteroatoms. The van der Waals surface area contributed by atoms with Gasteiger partial charge in [-0.25, -0.2) is 0 Å². The topological polar surface area (TPSA) is 108 Å².